The maximum Gasteiger partial charge on any atom is 0.269 e. The van der Waals surface area contributed by atoms with Crippen LogP contribution in [0.15, 0.2) is 81.3 Å². The number of benzene rings is 2. The zero-order chi connectivity index (χ0) is 19.5. The Labute approximate surface area is 164 Å². The molecule has 0 N–H and O–H groups in total. The van der Waals surface area contributed by atoms with Crippen molar-refractivity contribution >= 4 is 17.4 Å². The number of non-ortho nitro benzene ring substituents is 1. The summed E-state index contributed by atoms with van der Waals surface area (Å²) >= 11 is 1.47. The minimum absolute atomic E-state index is 0.0611. The van der Waals surface area contributed by atoms with E-state index >= 15 is 0 Å². The highest BCUT2D eigenvalue weighted by molar-refractivity contribution is 7.99. The van der Waals surface area contributed by atoms with Crippen molar-refractivity contribution in [2.75, 3.05) is 0 Å². The van der Waals surface area contributed by atoms with E-state index in [9.17, 15) is 10.1 Å². The van der Waals surface area contributed by atoms with Crippen molar-refractivity contribution in [3.63, 3.8) is 0 Å². The molecule has 4 rings (SSSR count). The molecule has 0 aliphatic carbocycles. The lowest BCUT2D eigenvalue weighted by Crippen LogP contribution is -1.87. The molecular weight excluding hydrogens is 376 g/mol. The van der Waals surface area contributed by atoms with Crippen molar-refractivity contribution in [1.82, 2.24) is 15.1 Å². The second kappa shape index (κ2) is 7.61. The number of aryl methyl sites for hydroxylation is 1. The Bertz CT molecular complexity index is 1140. The van der Waals surface area contributed by atoms with Gasteiger partial charge in [0.25, 0.3) is 11.6 Å². The molecule has 0 atom stereocenters. The van der Waals surface area contributed by atoms with Crippen LogP contribution in [-0.2, 0) is 0 Å². The normalized spacial score (nSPS) is 10.8. The van der Waals surface area contributed by atoms with Gasteiger partial charge in [-0.1, -0.05) is 29.1 Å². The third kappa shape index (κ3) is 3.77. The molecule has 2 heterocycles. The molecule has 0 unspecified atom stereocenters. The standard InChI is InChI=1S/C20H14N4O3S/c1-13-10-14(12-21-11-13)19-22-20(27-23-19)17-4-2-3-5-18(17)28-16-8-6-15(7-9-16)24(25)26/h2-12H,1H3. The van der Waals surface area contributed by atoms with Crippen LogP contribution in [0.1, 0.15) is 5.56 Å². The van der Waals surface area contributed by atoms with E-state index in [-0.39, 0.29) is 5.69 Å². The second-order valence-corrected chi connectivity index (χ2v) is 7.14. The first-order chi connectivity index (χ1) is 13.6. The maximum atomic E-state index is 10.8. The van der Waals surface area contributed by atoms with Gasteiger partial charge in [-0.25, -0.2) is 0 Å². The molecule has 7 nitrogen and oxygen atoms in total. The number of rotatable bonds is 5. The highest BCUT2D eigenvalue weighted by Crippen LogP contribution is 2.36. The van der Waals surface area contributed by atoms with E-state index in [2.05, 4.69) is 15.1 Å². The molecule has 28 heavy (non-hydrogen) atoms. The van der Waals surface area contributed by atoms with Crippen LogP contribution in [0.5, 0.6) is 0 Å². The lowest BCUT2D eigenvalue weighted by atomic mass is 10.2. The lowest BCUT2D eigenvalue weighted by Gasteiger charge is -2.05. The van der Waals surface area contributed by atoms with Crippen LogP contribution in [-0.4, -0.2) is 20.0 Å². The molecule has 0 aliphatic rings. The quantitative estimate of drug-likeness (QED) is 0.343. The Hall–Kier alpha value is -3.52. The SMILES string of the molecule is Cc1cncc(-c2noc(-c3ccccc3Sc3ccc([N+](=O)[O-])cc3)n2)c1. The van der Waals surface area contributed by atoms with Crippen LogP contribution in [0.3, 0.4) is 0 Å². The van der Waals surface area contributed by atoms with Crippen LogP contribution in [0.25, 0.3) is 22.8 Å². The molecule has 4 aromatic rings. The molecular formula is C20H14N4O3S. The molecule has 0 fully saturated rings. The average Bonchev–Trinajstić information content (AvgIpc) is 3.19. The van der Waals surface area contributed by atoms with E-state index < -0.39 is 4.92 Å². The molecule has 0 aliphatic heterocycles. The summed E-state index contributed by atoms with van der Waals surface area (Å²) in [6.07, 6.45) is 3.46. The van der Waals surface area contributed by atoms with E-state index in [1.807, 2.05) is 37.3 Å². The number of nitro benzene ring substituents is 1. The molecule has 0 saturated heterocycles. The Morgan fingerprint density at radius 3 is 2.61 bits per heavy atom. The van der Waals surface area contributed by atoms with Crippen molar-refractivity contribution in [2.45, 2.75) is 16.7 Å². The van der Waals surface area contributed by atoms with Crippen molar-refractivity contribution in [3.05, 3.63) is 82.7 Å². The Balaban J connectivity index is 1.64. The number of hydrogen-bond acceptors (Lipinski definition) is 7. The number of hydrogen-bond donors (Lipinski definition) is 0. The number of pyridine rings is 1. The summed E-state index contributed by atoms with van der Waals surface area (Å²) in [4.78, 5) is 20.9. The van der Waals surface area contributed by atoms with Crippen LogP contribution in [0, 0.1) is 17.0 Å². The van der Waals surface area contributed by atoms with Crippen LogP contribution < -0.4 is 0 Å². The number of nitro groups is 1. The van der Waals surface area contributed by atoms with E-state index in [0.29, 0.717) is 11.7 Å². The van der Waals surface area contributed by atoms with Gasteiger partial charge in [0.05, 0.1) is 10.5 Å². The minimum Gasteiger partial charge on any atom is -0.334 e. The molecule has 8 heteroatoms. The fraction of sp³-hybridized carbons (Fsp3) is 0.0500. The molecule has 2 aromatic heterocycles. The highest BCUT2D eigenvalue weighted by atomic mass is 32.2. The van der Waals surface area contributed by atoms with Crippen molar-refractivity contribution < 1.29 is 9.45 Å². The summed E-state index contributed by atoms with van der Waals surface area (Å²) in [6, 6.07) is 16.0. The Morgan fingerprint density at radius 2 is 1.86 bits per heavy atom. The summed E-state index contributed by atoms with van der Waals surface area (Å²) in [7, 11) is 0. The summed E-state index contributed by atoms with van der Waals surface area (Å²) in [5.41, 5.74) is 2.66. The van der Waals surface area contributed by atoms with Crippen molar-refractivity contribution in [3.8, 4) is 22.8 Å². The monoisotopic (exact) mass is 390 g/mol. The van der Waals surface area contributed by atoms with Gasteiger partial charge in [0.1, 0.15) is 0 Å². The van der Waals surface area contributed by atoms with Gasteiger partial charge in [0.15, 0.2) is 0 Å². The largest absolute Gasteiger partial charge is 0.334 e. The molecule has 0 amide bonds. The van der Waals surface area contributed by atoms with Crippen molar-refractivity contribution in [2.24, 2.45) is 0 Å². The fourth-order valence-electron chi connectivity index (χ4n) is 2.62. The fourth-order valence-corrected chi connectivity index (χ4v) is 3.56. The van der Waals surface area contributed by atoms with Gasteiger partial charge < -0.3 is 4.52 Å². The summed E-state index contributed by atoms with van der Waals surface area (Å²) in [5.74, 6) is 0.878. The first-order valence-corrected chi connectivity index (χ1v) is 9.19. The van der Waals surface area contributed by atoms with Gasteiger partial charge in [-0.05, 0) is 42.8 Å². The van der Waals surface area contributed by atoms with Crippen LogP contribution in [0.4, 0.5) is 5.69 Å². The summed E-state index contributed by atoms with van der Waals surface area (Å²) < 4.78 is 5.48. The third-order valence-corrected chi connectivity index (χ3v) is 5.04. The van der Waals surface area contributed by atoms with Gasteiger partial charge in [-0.15, -0.1) is 0 Å². The van der Waals surface area contributed by atoms with Gasteiger partial charge in [0, 0.05) is 39.9 Å². The molecule has 138 valence electrons. The topological polar surface area (TPSA) is 95.0 Å². The molecule has 0 radical (unpaired) electrons. The smallest absolute Gasteiger partial charge is 0.269 e. The number of nitrogens with zero attached hydrogens (tertiary/aromatic N) is 4. The van der Waals surface area contributed by atoms with Gasteiger partial charge in [-0.3, -0.25) is 15.1 Å². The predicted molar refractivity (Wildman–Crippen MR) is 105 cm³/mol. The molecule has 0 bridgehead atoms. The first kappa shape index (κ1) is 17.9. The average molecular weight is 390 g/mol. The second-order valence-electron chi connectivity index (χ2n) is 6.02. The van der Waals surface area contributed by atoms with Gasteiger partial charge in [0.2, 0.25) is 5.82 Å². The predicted octanol–water partition coefficient (Wildman–Crippen LogP) is 5.17. The maximum absolute atomic E-state index is 10.8. The van der Waals surface area contributed by atoms with E-state index in [1.165, 1.54) is 23.9 Å². The zero-order valence-corrected chi connectivity index (χ0v) is 15.6. The van der Waals surface area contributed by atoms with Gasteiger partial charge in [-0.2, -0.15) is 4.98 Å². The Kier molecular flexibility index (Phi) is 4.86. The van der Waals surface area contributed by atoms with E-state index in [0.717, 1.165) is 26.5 Å². The molecule has 0 saturated carbocycles. The van der Waals surface area contributed by atoms with Crippen LogP contribution >= 0.6 is 11.8 Å². The molecule has 2 aromatic carbocycles. The highest BCUT2D eigenvalue weighted by Gasteiger charge is 2.15. The molecule has 0 spiro atoms. The number of aromatic nitrogens is 3. The van der Waals surface area contributed by atoms with E-state index in [1.54, 1.807) is 24.5 Å². The van der Waals surface area contributed by atoms with E-state index in [4.69, 9.17) is 4.52 Å². The van der Waals surface area contributed by atoms with Crippen molar-refractivity contribution in [1.29, 1.82) is 0 Å². The Morgan fingerprint density at radius 1 is 1.07 bits per heavy atom. The lowest BCUT2D eigenvalue weighted by molar-refractivity contribution is -0.384. The minimum atomic E-state index is -0.414. The van der Waals surface area contributed by atoms with Gasteiger partial charge >= 0.3 is 0 Å². The zero-order valence-electron chi connectivity index (χ0n) is 14.8. The first-order valence-electron chi connectivity index (χ1n) is 8.37. The third-order valence-electron chi connectivity index (χ3n) is 3.95. The van der Waals surface area contributed by atoms with Crippen LogP contribution in [0.2, 0.25) is 0 Å². The summed E-state index contributed by atoms with van der Waals surface area (Å²) in [6.45, 7) is 1.95. The summed E-state index contributed by atoms with van der Waals surface area (Å²) in [5, 5.41) is 14.9.